The van der Waals surface area contributed by atoms with E-state index in [0.717, 1.165) is 25.8 Å². The van der Waals surface area contributed by atoms with Gasteiger partial charge in [-0.2, -0.15) is 0 Å². The summed E-state index contributed by atoms with van der Waals surface area (Å²) < 4.78 is 19.5. The van der Waals surface area contributed by atoms with Crippen LogP contribution in [0.2, 0.25) is 5.02 Å². The molecule has 0 unspecified atom stereocenters. The summed E-state index contributed by atoms with van der Waals surface area (Å²) in [6, 6.07) is 3.36. The zero-order chi connectivity index (χ0) is 14.3. The molecule has 1 rings (SSSR count). The third-order valence-electron chi connectivity index (χ3n) is 2.61. The molecular formula is C14H20BrClFNO. The van der Waals surface area contributed by atoms with Crippen LogP contribution in [-0.2, 0) is 0 Å². The highest BCUT2D eigenvalue weighted by Gasteiger charge is 2.07. The predicted octanol–water partition coefficient (Wildman–Crippen LogP) is 4.79. The molecule has 0 aliphatic heterocycles. The van der Waals surface area contributed by atoms with Crippen molar-refractivity contribution in [1.29, 1.82) is 0 Å². The van der Waals surface area contributed by atoms with Crippen LogP contribution < -0.4 is 10.1 Å². The second-order valence-electron chi connectivity index (χ2n) is 4.71. The van der Waals surface area contributed by atoms with Crippen molar-refractivity contribution in [2.24, 2.45) is 0 Å². The minimum Gasteiger partial charge on any atom is -0.492 e. The van der Waals surface area contributed by atoms with Crippen molar-refractivity contribution < 1.29 is 9.13 Å². The van der Waals surface area contributed by atoms with Gasteiger partial charge in [0.05, 0.1) is 16.1 Å². The van der Waals surface area contributed by atoms with E-state index in [4.69, 9.17) is 16.3 Å². The van der Waals surface area contributed by atoms with Gasteiger partial charge in [-0.15, -0.1) is 0 Å². The van der Waals surface area contributed by atoms with Crippen LogP contribution in [0.4, 0.5) is 4.39 Å². The summed E-state index contributed by atoms with van der Waals surface area (Å²) in [5, 5.41) is 3.46. The molecular weight excluding hydrogens is 333 g/mol. The molecule has 0 bridgehead atoms. The Balaban J connectivity index is 2.21. The third-order valence-corrected chi connectivity index (χ3v) is 3.52. The first-order valence-electron chi connectivity index (χ1n) is 6.51. The van der Waals surface area contributed by atoms with Gasteiger partial charge in [-0.05, 0) is 47.8 Å². The lowest BCUT2D eigenvalue weighted by Crippen LogP contribution is -2.23. The van der Waals surface area contributed by atoms with Gasteiger partial charge in [0.1, 0.15) is 11.6 Å². The number of rotatable bonds is 8. The third kappa shape index (κ3) is 6.59. The summed E-state index contributed by atoms with van der Waals surface area (Å²) in [5.41, 5.74) is 0. The van der Waals surface area contributed by atoms with Crippen LogP contribution in [-0.4, -0.2) is 19.2 Å². The molecule has 0 aromatic heterocycles. The molecule has 0 heterocycles. The number of halogens is 3. The smallest absolute Gasteiger partial charge is 0.145 e. The maximum absolute atomic E-state index is 13.3. The molecule has 0 aliphatic carbocycles. The van der Waals surface area contributed by atoms with Gasteiger partial charge in [0.15, 0.2) is 0 Å². The molecule has 2 nitrogen and oxygen atoms in total. The van der Waals surface area contributed by atoms with Crippen molar-refractivity contribution in [1.82, 2.24) is 5.32 Å². The van der Waals surface area contributed by atoms with Gasteiger partial charge in [0, 0.05) is 12.1 Å². The van der Waals surface area contributed by atoms with Crippen LogP contribution >= 0.6 is 27.5 Å². The second kappa shape index (κ2) is 8.77. The van der Waals surface area contributed by atoms with Gasteiger partial charge < -0.3 is 10.1 Å². The summed E-state index contributed by atoms with van der Waals surface area (Å²) in [7, 11) is 0. The Morgan fingerprint density at radius 2 is 2.05 bits per heavy atom. The van der Waals surface area contributed by atoms with E-state index in [2.05, 4.69) is 35.1 Å². The fraction of sp³-hybridized carbons (Fsp3) is 0.571. The molecule has 0 fully saturated rings. The van der Waals surface area contributed by atoms with E-state index in [1.165, 1.54) is 12.1 Å². The van der Waals surface area contributed by atoms with Gasteiger partial charge in [-0.1, -0.05) is 25.4 Å². The zero-order valence-corrected chi connectivity index (χ0v) is 13.7. The van der Waals surface area contributed by atoms with E-state index in [1.54, 1.807) is 0 Å². The Labute approximate surface area is 127 Å². The van der Waals surface area contributed by atoms with Crippen molar-refractivity contribution in [3.8, 4) is 5.75 Å². The molecule has 1 aromatic carbocycles. The lowest BCUT2D eigenvalue weighted by atomic mass is 10.2. The fourth-order valence-corrected chi connectivity index (χ4v) is 2.34. The summed E-state index contributed by atoms with van der Waals surface area (Å²) in [6.45, 7) is 5.88. The summed E-state index contributed by atoms with van der Waals surface area (Å²) in [6.07, 6.45) is 3.17. The molecule has 1 N–H and O–H groups in total. The Morgan fingerprint density at radius 3 is 2.74 bits per heavy atom. The minimum absolute atomic E-state index is 0.0963. The highest BCUT2D eigenvalue weighted by atomic mass is 79.9. The van der Waals surface area contributed by atoms with Gasteiger partial charge >= 0.3 is 0 Å². The topological polar surface area (TPSA) is 21.3 Å². The average molecular weight is 353 g/mol. The maximum Gasteiger partial charge on any atom is 0.145 e. The van der Waals surface area contributed by atoms with E-state index in [-0.39, 0.29) is 5.02 Å². The molecule has 19 heavy (non-hydrogen) atoms. The second-order valence-corrected chi connectivity index (χ2v) is 5.98. The summed E-state index contributed by atoms with van der Waals surface area (Å²) in [4.78, 5) is 0. The van der Waals surface area contributed by atoms with Crippen molar-refractivity contribution in [3.05, 3.63) is 27.4 Å². The first-order valence-corrected chi connectivity index (χ1v) is 7.68. The van der Waals surface area contributed by atoms with Gasteiger partial charge in [-0.3, -0.25) is 0 Å². The molecule has 0 amide bonds. The Morgan fingerprint density at radius 1 is 1.32 bits per heavy atom. The lowest BCUT2D eigenvalue weighted by Gasteiger charge is -2.10. The number of unbranched alkanes of at least 4 members (excludes halogenated alkanes) is 2. The van der Waals surface area contributed by atoms with Crippen LogP contribution in [0, 0.1) is 5.82 Å². The van der Waals surface area contributed by atoms with Crippen molar-refractivity contribution in [2.75, 3.05) is 13.2 Å². The number of benzene rings is 1. The maximum atomic E-state index is 13.3. The summed E-state index contributed by atoms with van der Waals surface area (Å²) >= 11 is 8.97. The van der Waals surface area contributed by atoms with Crippen LogP contribution in [0.1, 0.15) is 33.1 Å². The molecule has 0 saturated carbocycles. The molecule has 0 saturated heterocycles. The largest absolute Gasteiger partial charge is 0.492 e. The van der Waals surface area contributed by atoms with E-state index < -0.39 is 5.82 Å². The molecule has 0 aliphatic rings. The average Bonchev–Trinajstić information content (AvgIpc) is 2.33. The SMILES string of the molecule is CC(C)NCCCCCOc1cc(F)c(Cl)cc1Br. The highest BCUT2D eigenvalue weighted by Crippen LogP contribution is 2.30. The quantitative estimate of drug-likeness (QED) is 0.536. The Hall–Kier alpha value is -0.320. The van der Waals surface area contributed by atoms with Gasteiger partial charge in [-0.25, -0.2) is 4.39 Å². The zero-order valence-electron chi connectivity index (χ0n) is 11.3. The fourth-order valence-electron chi connectivity index (χ4n) is 1.59. The van der Waals surface area contributed by atoms with Crippen molar-refractivity contribution in [2.45, 2.75) is 39.2 Å². The minimum atomic E-state index is -0.457. The molecule has 108 valence electrons. The van der Waals surface area contributed by atoms with Crippen molar-refractivity contribution >= 4 is 27.5 Å². The number of hydrogen-bond donors (Lipinski definition) is 1. The molecule has 0 spiro atoms. The molecule has 5 heteroatoms. The van der Waals surface area contributed by atoms with E-state index in [9.17, 15) is 4.39 Å². The lowest BCUT2D eigenvalue weighted by molar-refractivity contribution is 0.301. The predicted molar refractivity (Wildman–Crippen MR) is 81.6 cm³/mol. The number of nitrogens with one attached hydrogen (secondary N) is 1. The standard InChI is InChI=1S/C14H20BrClFNO/c1-10(2)18-6-4-3-5-7-19-14-9-13(17)12(16)8-11(14)15/h8-10,18H,3-7H2,1-2H3. The molecule has 0 atom stereocenters. The first-order chi connectivity index (χ1) is 9.00. The Bertz CT molecular complexity index is 401. The van der Waals surface area contributed by atoms with Crippen LogP contribution in [0.5, 0.6) is 5.75 Å². The normalized spacial score (nSPS) is 11.1. The molecule has 0 radical (unpaired) electrons. The van der Waals surface area contributed by atoms with Crippen LogP contribution in [0.15, 0.2) is 16.6 Å². The molecule has 1 aromatic rings. The van der Waals surface area contributed by atoms with Gasteiger partial charge in [0.2, 0.25) is 0 Å². The number of ether oxygens (including phenoxy) is 1. The number of hydrogen-bond acceptors (Lipinski definition) is 2. The first kappa shape index (κ1) is 16.7. The monoisotopic (exact) mass is 351 g/mol. The van der Waals surface area contributed by atoms with E-state index in [1.807, 2.05) is 0 Å². The van der Waals surface area contributed by atoms with Crippen LogP contribution in [0.3, 0.4) is 0 Å². The van der Waals surface area contributed by atoms with Crippen molar-refractivity contribution in [3.63, 3.8) is 0 Å². The Kier molecular flexibility index (Phi) is 7.73. The summed E-state index contributed by atoms with van der Waals surface area (Å²) in [5.74, 6) is 0.0446. The van der Waals surface area contributed by atoms with E-state index >= 15 is 0 Å². The van der Waals surface area contributed by atoms with Crippen LogP contribution in [0.25, 0.3) is 0 Å². The highest BCUT2D eigenvalue weighted by molar-refractivity contribution is 9.10. The van der Waals surface area contributed by atoms with E-state index in [0.29, 0.717) is 22.9 Å². The van der Waals surface area contributed by atoms with Gasteiger partial charge in [0.25, 0.3) is 0 Å².